The van der Waals surface area contributed by atoms with Gasteiger partial charge in [-0.05, 0) is 49.7 Å². The normalized spacial score (nSPS) is 11.6. The summed E-state index contributed by atoms with van der Waals surface area (Å²) in [6.07, 6.45) is 1.09. The summed E-state index contributed by atoms with van der Waals surface area (Å²) in [5.41, 5.74) is 0.680. The lowest BCUT2D eigenvalue weighted by Gasteiger charge is -2.13. The van der Waals surface area contributed by atoms with Crippen molar-refractivity contribution >= 4 is 61.5 Å². The van der Waals surface area contributed by atoms with Crippen molar-refractivity contribution < 1.29 is 22.4 Å². The number of pyridine rings is 1. The van der Waals surface area contributed by atoms with Crippen molar-refractivity contribution in [3.8, 4) is 0 Å². The van der Waals surface area contributed by atoms with E-state index in [0.29, 0.717) is 9.65 Å². The minimum absolute atomic E-state index is 0.00859. The molecule has 4 aromatic rings. The van der Waals surface area contributed by atoms with Crippen molar-refractivity contribution in [3.05, 3.63) is 82.0 Å². The van der Waals surface area contributed by atoms with Gasteiger partial charge in [0.25, 0.3) is 10.0 Å². The van der Waals surface area contributed by atoms with Crippen LogP contribution >= 0.6 is 23.2 Å². The van der Waals surface area contributed by atoms with E-state index in [2.05, 4.69) is 15.4 Å². The molecule has 0 radical (unpaired) electrons. The third-order valence-corrected chi connectivity index (χ3v) is 7.26. The van der Waals surface area contributed by atoms with Crippen molar-refractivity contribution in [2.24, 2.45) is 0 Å². The number of nitrogens with one attached hydrogen (secondary N) is 1. The quantitative estimate of drug-likeness (QED) is 0.221. The average Bonchev–Trinajstić information content (AvgIpc) is 3.27. The zero-order chi connectivity index (χ0) is 25.5. The molecular formula is C23H17Cl2FN4O4S. The Hall–Kier alpha value is -3.34. The van der Waals surface area contributed by atoms with E-state index >= 15 is 0 Å². The lowest BCUT2D eigenvalue weighted by Crippen LogP contribution is -2.18. The Bertz CT molecular complexity index is 1600. The van der Waals surface area contributed by atoms with E-state index in [-0.39, 0.29) is 38.3 Å². The third kappa shape index (κ3) is 4.52. The topological polar surface area (TPSA) is 111 Å². The van der Waals surface area contributed by atoms with E-state index in [1.807, 2.05) is 0 Å². The molecule has 1 amide bonds. The van der Waals surface area contributed by atoms with Gasteiger partial charge < -0.3 is 5.32 Å². The molecule has 180 valence electrons. The summed E-state index contributed by atoms with van der Waals surface area (Å²) in [5.74, 6) is -2.55. The largest absolute Gasteiger partial charge is 0.323 e. The van der Waals surface area contributed by atoms with Gasteiger partial charge in [0.2, 0.25) is 11.7 Å². The maximum atomic E-state index is 14.9. The van der Waals surface area contributed by atoms with Crippen LogP contribution in [0, 0.1) is 19.7 Å². The second kappa shape index (κ2) is 9.37. The van der Waals surface area contributed by atoms with E-state index in [9.17, 15) is 22.4 Å². The number of anilines is 1. The highest BCUT2D eigenvalue weighted by Gasteiger charge is 2.27. The zero-order valence-corrected chi connectivity index (χ0v) is 20.7. The molecule has 0 spiro atoms. The fraction of sp³-hybridized carbons (Fsp3) is 0.130. The Kier molecular flexibility index (Phi) is 6.63. The van der Waals surface area contributed by atoms with Gasteiger partial charge in [0.1, 0.15) is 28.1 Å². The number of benzene rings is 2. The Morgan fingerprint density at radius 3 is 2.46 bits per heavy atom. The maximum absolute atomic E-state index is 14.9. The summed E-state index contributed by atoms with van der Waals surface area (Å²) in [5, 5.41) is 6.34. The van der Waals surface area contributed by atoms with Gasteiger partial charge in [-0.2, -0.15) is 17.6 Å². The molecule has 0 saturated carbocycles. The first-order valence-corrected chi connectivity index (χ1v) is 12.5. The van der Waals surface area contributed by atoms with E-state index < -0.39 is 33.0 Å². The van der Waals surface area contributed by atoms with Crippen LogP contribution in [0.1, 0.15) is 27.2 Å². The Morgan fingerprint density at radius 2 is 1.80 bits per heavy atom. The maximum Gasteiger partial charge on any atom is 0.283 e. The molecule has 8 nitrogen and oxygen atoms in total. The van der Waals surface area contributed by atoms with Gasteiger partial charge >= 0.3 is 0 Å². The highest BCUT2D eigenvalue weighted by molar-refractivity contribution is 7.90. The molecule has 0 aliphatic heterocycles. The number of hydrogen-bond acceptors (Lipinski definition) is 6. The second-order valence-corrected chi connectivity index (χ2v) is 10.1. The molecule has 0 aliphatic rings. The number of hydrogen-bond donors (Lipinski definition) is 1. The molecule has 2 aromatic heterocycles. The first kappa shape index (κ1) is 24.8. The predicted octanol–water partition coefficient (Wildman–Crippen LogP) is 4.49. The number of carbonyl (C=O) groups excluding carboxylic acids is 2. The molecular weight excluding hydrogens is 518 g/mol. The van der Waals surface area contributed by atoms with Crippen molar-refractivity contribution in [1.29, 1.82) is 0 Å². The first-order valence-electron chi connectivity index (χ1n) is 10.1. The summed E-state index contributed by atoms with van der Waals surface area (Å²) in [4.78, 5) is 29.4. The fourth-order valence-corrected chi connectivity index (χ4v) is 5.11. The molecule has 4 rings (SSSR count). The average molecular weight is 535 g/mol. The lowest BCUT2D eigenvalue weighted by atomic mass is 10.0. The monoisotopic (exact) mass is 534 g/mol. The van der Waals surface area contributed by atoms with Crippen LogP contribution in [0.3, 0.4) is 0 Å². The smallest absolute Gasteiger partial charge is 0.283 e. The highest BCUT2D eigenvalue weighted by Crippen LogP contribution is 2.30. The van der Waals surface area contributed by atoms with Gasteiger partial charge in [0, 0.05) is 10.9 Å². The molecule has 0 unspecified atom stereocenters. The molecule has 1 N–H and O–H groups in total. The minimum atomic E-state index is -4.26. The number of alkyl halides is 1. The highest BCUT2D eigenvalue weighted by atomic mass is 35.5. The molecule has 0 saturated heterocycles. The van der Waals surface area contributed by atoms with E-state index in [1.54, 1.807) is 26.0 Å². The van der Waals surface area contributed by atoms with Crippen molar-refractivity contribution in [2.75, 3.05) is 11.2 Å². The Balaban J connectivity index is 1.90. The van der Waals surface area contributed by atoms with Crippen LogP contribution in [0.2, 0.25) is 5.15 Å². The van der Waals surface area contributed by atoms with Crippen molar-refractivity contribution in [3.63, 3.8) is 0 Å². The Morgan fingerprint density at radius 1 is 1.11 bits per heavy atom. The van der Waals surface area contributed by atoms with Gasteiger partial charge in [0.05, 0.1) is 16.8 Å². The van der Waals surface area contributed by atoms with Crippen LogP contribution in [0.5, 0.6) is 0 Å². The van der Waals surface area contributed by atoms with Crippen LogP contribution in [-0.2, 0) is 14.8 Å². The van der Waals surface area contributed by atoms with Gasteiger partial charge in [-0.1, -0.05) is 29.3 Å². The summed E-state index contributed by atoms with van der Waals surface area (Å²) in [7, 11) is -4.26. The molecule has 0 bridgehead atoms. The molecule has 0 aliphatic carbocycles. The number of aromatic nitrogens is 3. The van der Waals surface area contributed by atoms with Gasteiger partial charge in [-0.25, -0.2) is 9.37 Å². The Labute approximate surface area is 209 Å². The van der Waals surface area contributed by atoms with Crippen molar-refractivity contribution in [1.82, 2.24) is 14.2 Å². The number of rotatable bonds is 6. The number of amides is 1. The predicted molar refractivity (Wildman–Crippen MR) is 130 cm³/mol. The standard InChI is InChI=1S/C23H17Cl2FN4O4S/c1-12-3-5-14(6-4-12)35(33,34)30-22-16(11-27-30)15(7-8-17(22)26)23(32)21-20(29-19(31)10-24)13(2)9-18(25)28-21/h3-9,11H,10H2,1-2H3,(H,29,31). The van der Waals surface area contributed by atoms with E-state index in [0.717, 1.165) is 17.8 Å². The van der Waals surface area contributed by atoms with Crippen LogP contribution < -0.4 is 5.32 Å². The summed E-state index contributed by atoms with van der Waals surface area (Å²) in [6, 6.07) is 9.59. The number of aryl methyl sites for hydroxylation is 2. The van der Waals surface area contributed by atoms with Crippen molar-refractivity contribution in [2.45, 2.75) is 18.7 Å². The van der Waals surface area contributed by atoms with Gasteiger partial charge in [-0.3, -0.25) is 9.59 Å². The van der Waals surface area contributed by atoms with Crippen LogP contribution in [0.25, 0.3) is 10.9 Å². The van der Waals surface area contributed by atoms with Crippen LogP contribution in [0.4, 0.5) is 10.1 Å². The number of nitrogens with zero attached hydrogens (tertiary/aromatic N) is 3. The summed E-state index contributed by atoms with van der Waals surface area (Å²) >= 11 is 11.6. The van der Waals surface area contributed by atoms with E-state index in [4.69, 9.17) is 23.2 Å². The molecule has 35 heavy (non-hydrogen) atoms. The summed E-state index contributed by atoms with van der Waals surface area (Å²) in [6.45, 7) is 3.41. The fourth-order valence-electron chi connectivity index (χ4n) is 3.52. The summed E-state index contributed by atoms with van der Waals surface area (Å²) < 4.78 is 41.8. The number of carbonyl (C=O) groups is 2. The molecule has 0 atom stereocenters. The van der Waals surface area contributed by atoms with E-state index in [1.165, 1.54) is 24.3 Å². The second-order valence-electron chi connectivity index (χ2n) is 7.66. The number of ketones is 1. The molecule has 2 aromatic carbocycles. The van der Waals surface area contributed by atoms with Crippen LogP contribution in [0.15, 0.2) is 53.6 Å². The molecule has 12 heteroatoms. The number of halogens is 3. The number of fused-ring (bicyclic) bond motifs is 1. The third-order valence-electron chi connectivity index (χ3n) is 5.23. The zero-order valence-electron chi connectivity index (χ0n) is 18.3. The first-order chi connectivity index (χ1) is 16.5. The van der Waals surface area contributed by atoms with Gasteiger partial charge in [0.15, 0.2) is 0 Å². The van der Waals surface area contributed by atoms with Crippen LogP contribution in [-0.4, -0.2) is 40.2 Å². The lowest BCUT2D eigenvalue weighted by molar-refractivity contribution is -0.113. The molecule has 2 heterocycles. The van der Waals surface area contributed by atoms with Gasteiger partial charge in [-0.15, -0.1) is 11.6 Å². The minimum Gasteiger partial charge on any atom is -0.323 e. The molecule has 0 fully saturated rings. The SMILES string of the molecule is Cc1ccc(S(=O)(=O)n2ncc3c(C(=O)c4nc(Cl)cc(C)c4NC(=O)CCl)ccc(F)c32)cc1.